The highest BCUT2D eigenvalue weighted by Crippen LogP contribution is 2.12. The highest BCUT2D eigenvalue weighted by Gasteiger charge is 2.29. The molecule has 2 rings (SSSR count). The quantitative estimate of drug-likeness (QED) is 0.281. The molecule has 2 aromatic rings. The van der Waals surface area contributed by atoms with Crippen LogP contribution < -0.4 is 16.4 Å². The van der Waals surface area contributed by atoms with Crippen LogP contribution in [0.15, 0.2) is 54.6 Å². The number of rotatable bonds is 11. The number of aliphatic carboxylic acids is 2. The van der Waals surface area contributed by atoms with Crippen molar-refractivity contribution in [3.05, 3.63) is 65.7 Å². The topological polar surface area (TPSA) is 179 Å². The van der Waals surface area contributed by atoms with E-state index in [1.807, 2.05) is 0 Å². The number of carbonyl (C=O) groups is 4. The van der Waals surface area contributed by atoms with Gasteiger partial charge in [0.2, 0.25) is 11.8 Å². The molecular weight excluding hydrogens is 418 g/mol. The van der Waals surface area contributed by atoms with Crippen LogP contribution in [0.1, 0.15) is 17.5 Å². The highest BCUT2D eigenvalue weighted by molar-refractivity contribution is 5.94. The predicted octanol–water partition coefficient (Wildman–Crippen LogP) is 0.0336. The number of carbonyl (C=O) groups excluding carboxylic acids is 2. The molecule has 0 radical (unpaired) electrons. The number of carboxylic acids is 2. The van der Waals surface area contributed by atoms with Crippen LogP contribution in [0, 0.1) is 0 Å². The monoisotopic (exact) mass is 443 g/mol. The fourth-order valence-corrected chi connectivity index (χ4v) is 2.96. The number of hydrogen-bond acceptors (Lipinski definition) is 6. The average Bonchev–Trinajstić information content (AvgIpc) is 2.74. The van der Waals surface area contributed by atoms with E-state index in [4.69, 9.17) is 10.8 Å². The van der Waals surface area contributed by atoms with Crippen molar-refractivity contribution in [1.82, 2.24) is 10.6 Å². The number of benzene rings is 2. The molecule has 32 heavy (non-hydrogen) atoms. The van der Waals surface area contributed by atoms with Crippen LogP contribution in [-0.4, -0.2) is 57.2 Å². The van der Waals surface area contributed by atoms with E-state index in [2.05, 4.69) is 10.6 Å². The number of hydrogen-bond donors (Lipinski definition) is 6. The summed E-state index contributed by atoms with van der Waals surface area (Å²) in [5.74, 6) is -4.39. The molecule has 10 nitrogen and oxygen atoms in total. The lowest BCUT2D eigenvalue weighted by molar-refractivity contribution is -0.143. The number of nitrogens with one attached hydrogen (secondary N) is 2. The van der Waals surface area contributed by atoms with Crippen molar-refractivity contribution in [1.29, 1.82) is 0 Å². The van der Waals surface area contributed by atoms with Crippen LogP contribution in [0.4, 0.5) is 0 Å². The molecule has 170 valence electrons. The fraction of sp³-hybridized carbons (Fsp3) is 0.273. The van der Waals surface area contributed by atoms with Gasteiger partial charge >= 0.3 is 11.9 Å². The van der Waals surface area contributed by atoms with Crippen LogP contribution in [0.25, 0.3) is 0 Å². The van der Waals surface area contributed by atoms with Crippen molar-refractivity contribution in [2.75, 3.05) is 0 Å². The minimum atomic E-state index is -1.51. The van der Waals surface area contributed by atoms with Crippen molar-refractivity contribution >= 4 is 23.8 Å². The molecular formula is C22H25N3O7. The number of phenols is 1. The third-order valence-corrected chi connectivity index (χ3v) is 4.64. The summed E-state index contributed by atoms with van der Waals surface area (Å²) in [4.78, 5) is 47.9. The summed E-state index contributed by atoms with van der Waals surface area (Å²) < 4.78 is 0. The zero-order valence-corrected chi connectivity index (χ0v) is 17.1. The summed E-state index contributed by atoms with van der Waals surface area (Å²) in [6, 6.07) is 10.7. The van der Waals surface area contributed by atoms with Gasteiger partial charge in [0.25, 0.3) is 0 Å². The molecule has 3 atom stereocenters. The second-order valence-corrected chi connectivity index (χ2v) is 7.23. The third kappa shape index (κ3) is 7.73. The number of amides is 2. The fourth-order valence-electron chi connectivity index (χ4n) is 2.96. The molecule has 0 aliphatic carbocycles. The van der Waals surface area contributed by atoms with Crippen LogP contribution in [0.2, 0.25) is 0 Å². The van der Waals surface area contributed by atoms with Gasteiger partial charge in [-0.3, -0.25) is 14.4 Å². The molecule has 0 aliphatic rings. The zero-order valence-electron chi connectivity index (χ0n) is 17.1. The maximum absolute atomic E-state index is 12.6. The maximum Gasteiger partial charge on any atom is 0.326 e. The van der Waals surface area contributed by atoms with Gasteiger partial charge in [0.15, 0.2) is 0 Å². The van der Waals surface area contributed by atoms with Gasteiger partial charge in [0.1, 0.15) is 17.8 Å². The Hall–Kier alpha value is -3.92. The molecule has 0 fully saturated rings. The van der Waals surface area contributed by atoms with Gasteiger partial charge < -0.3 is 31.7 Å². The number of nitrogens with two attached hydrogens (primary N) is 1. The largest absolute Gasteiger partial charge is 0.508 e. The van der Waals surface area contributed by atoms with Gasteiger partial charge in [-0.2, -0.15) is 0 Å². The van der Waals surface area contributed by atoms with E-state index < -0.39 is 48.3 Å². The Labute approximate surface area is 184 Å². The molecule has 10 heteroatoms. The van der Waals surface area contributed by atoms with Gasteiger partial charge in [-0.15, -0.1) is 0 Å². The van der Waals surface area contributed by atoms with E-state index >= 15 is 0 Å². The van der Waals surface area contributed by atoms with Crippen LogP contribution >= 0.6 is 0 Å². The second-order valence-electron chi connectivity index (χ2n) is 7.23. The van der Waals surface area contributed by atoms with Crippen molar-refractivity contribution in [3.8, 4) is 5.75 Å². The van der Waals surface area contributed by atoms with Gasteiger partial charge in [0.05, 0.1) is 12.5 Å². The predicted molar refractivity (Wildman–Crippen MR) is 114 cm³/mol. The molecule has 0 bridgehead atoms. The number of phenolic OH excluding ortho intramolecular Hbond substituents is 1. The van der Waals surface area contributed by atoms with Gasteiger partial charge in [-0.25, -0.2) is 4.79 Å². The van der Waals surface area contributed by atoms with Crippen LogP contribution in [0.5, 0.6) is 5.75 Å². The Balaban J connectivity index is 2.06. The van der Waals surface area contributed by atoms with E-state index in [0.29, 0.717) is 5.56 Å². The van der Waals surface area contributed by atoms with Gasteiger partial charge in [0, 0.05) is 6.42 Å². The number of aromatic hydroxyl groups is 1. The first kappa shape index (κ1) is 24.4. The lowest BCUT2D eigenvalue weighted by Gasteiger charge is -2.22. The number of carboxylic acid groups (broad SMARTS) is 2. The molecule has 2 aromatic carbocycles. The minimum absolute atomic E-state index is 0.000682. The van der Waals surface area contributed by atoms with Crippen molar-refractivity contribution in [2.45, 2.75) is 37.4 Å². The van der Waals surface area contributed by atoms with Crippen LogP contribution in [-0.2, 0) is 32.0 Å². The molecule has 0 heterocycles. The first-order chi connectivity index (χ1) is 15.2. The molecule has 0 unspecified atom stereocenters. The van der Waals surface area contributed by atoms with Gasteiger partial charge in [-0.1, -0.05) is 42.5 Å². The SMILES string of the molecule is N[C@@H](Cc1ccccc1)C(=O)N[C@@H](CC(=O)O)C(=O)N[C@@H](Cc1ccc(O)cc1)C(=O)O. The smallest absolute Gasteiger partial charge is 0.326 e. The summed E-state index contributed by atoms with van der Waals surface area (Å²) >= 11 is 0. The van der Waals surface area contributed by atoms with E-state index in [-0.39, 0.29) is 18.6 Å². The second kappa shape index (κ2) is 11.5. The van der Waals surface area contributed by atoms with E-state index in [0.717, 1.165) is 5.56 Å². The lowest BCUT2D eigenvalue weighted by Crippen LogP contribution is -2.55. The Morgan fingerprint density at radius 1 is 0.781 bits per heavy atom. The Morgan fingerprint density at radius 3 is 1.91 bits per heavy atom. The maximum atomic E-state index is 12.6. The third-order valence-electron chi connectivity index (χ3n) is 4.64. The zero-order chi connectivity index (χ0) is 23.7. The molecule has 0 aromatic heterocycles. The average molecular weight is 443 g/mol. The highest BCUT2D eigenvalue weighted by atomic mass is 16.4. The molecule has 0 aliphatic heterocycles. The van der Waals surface area contributed by atoms with Crippen LogP contribution in [0.3, 0.4) is 0 Å². The summed E-state index contributed by atoms with van der Waals surface area (Å²) in [6.45, 7) is 0. The van der Waals surface area contributed by atoms with E-state index in [1.54, 1.807) is 30.3 Å². The molecule has 0 saturated heterocycles. The van der Waals surface area contributed by atoms with Crippen molar-refractivity contribution in [2.24, 2.45) is 5.73 Å². The molecule has 7 N–H and O–H groups in total. The summed E-state index contributed by atoms with van der Waals surface area (Å²) in [5.41, 5.74) is 7.20. The molecule has 0 spiro atoms. The van der Waals surface area contributed by atoms with Crippen molar-refractivity contribution < 1.29 is 34.5 Å². The molecule has 2 amide bonds. The van der Waals surface area contributed by atoms with Crippen molar-refractivity contribution in [3.63, 3.8) is 0 Å². The standard InChI is InChI=1S/C22H25N3O7/c23-16(10-13-4-2-1-3-5-13)20(29)24-17(12-19(27)28)21(30)25-18(22(31)32)11-14-6-8-15(26)9-7-14/h1-9,16-18,26H,10-12,23H2,(H,24,29)(H,25,30)(H,27,28)(H,31,32)/t16-,17-,18-/m0/s1. The molecule has 0 saturated carbocycles. The van der Waals surface area contributed by atoms with Gasteiger partial charge in [-0.05, 0) is 29.7 Å². The minimum Gasteiger partial charge on any atom is -0.508 e. The first-order valence-electron chi connectivity index (χ1n) is 9.78. The lowest BCUT2D eigenvalue weighted by atomic mass is 10.0. The summed E-state index contributed by atoms with van der Waals surface area (Å²) in [6.07, 6.45) is -0.684. The Kier molecular flexibility index (Phi) is 8.72. The Bertz CT molecular complexity index is 948. The summed E-state index contributed by atoms with van der Waals surface area (Å²) in [5, 5.41) is 32.5. The summed E-state index contributed by atoms with van der Waals surface area (Å²) in [7, 11) is 0. The van der Waals surface area contributed by atoms with E-state index in [9.17, 15) is 29.4 Å². The first-order valence-corrected chi connectivity index (χ1v) is 9.78. The Morgan fingerprint density at radius 2 is 1.34 bits per heavy atom. The van der Waals surface area contributed by atoms with E-state index in [1.165, 1.54) is 24.3 Å². The normalized spacial score (nSPS) is 13.4.